The number of ether oxygens (including phenoxy) is 1. The molecule has 3 heteroatoms. The molecule has 1 saturated heterocycles. The number of likely N-dealkylation sites (tertiary alicyclic amines) is 1. The van der Waals surface area contributed by atoms with Crippen LogP contribution < -0.4 is 10.5 Å². The van der Waals surface area contributed by atoms with Gasteiger partial charge in [0.15, 0.2) is 0 Å². The van der Waals surface area contributed by atoms with Gasteiger partial charge >= 0.3 is 0 Å². The van der Waals surface area contributed by atoms with Crippen LogP contribution in [0, 0.1) is 11.8 Å². The third kappa shape index (κ3) is 2.95. The van der Waals surface area contributed by atoms with E-state index in [2.05, 4.69) is 36.9 Å². The van der Waals surface area contributed by atoms with Crippen molar-refractivity contribution >= 4 is 0 Å². The molecule has 0 spiro atoms. The Morgan fingerprint density at radius 2 is 1.90 bits per heavy atom. The molecule has 2 aliphatic rings. The highest BCUT2D eigenvalue weighted by Crippen LogP contribution is 2.36. The maximum atomic E-state index is 6.64. The van der Waals surface area contributed by atoms with Crippen LogP contribution in [0.3, 0.4) is 0 Å². The van der Waals surface area contributed by atoms with Crippen molar-refractivity contribution < 1.29 is 4.74 Å². The van der Waals surface area contributed by atoms with E-state index < -0.39 is 0 Å². The lowest BCUT2D eigenvalue weighted by Crippen LogP contribution is -2.50. The number of nitrogens with two attached hydrogens (primary N) is 1. The third-order valence-corrected chi connectivity index (χ3v) is 5.20. The highest BCUT2D eigenvalue weighted by atomic mass is 16.5. The molecule has 4 unspecified atom stereocenters. The number of benzene rings is 1. The zero-order valence-electron chi connectivity index (χ0n) is 13.5. The minimum absolute atomic E-state index is 0.112. The quantitative estimate of drug-likeness (QED) is 0.909. The van der Waals surface area contributed by atoms with Crippen molar-refractivity contribution in [1.82, 2.24) is 4.90 Å². The van der Waals surface area contributed by atoms with Crippen LogP contribution in [0.1, 0.15) is 43.9 Å². The van der Waals surface area contributed by atoms with Gasteiger partial charge in [-0.15, -0.1) is 0 Å². The summed E-state index contributed by atoms with van der Waals surface area (Å²) in [7, 11) is 1.72. The van der Waals surface area contributed by atoms with Crippen LogP contribution in [0.25, 0.3) is 0 Å². The minimum Gasteiger partial charge on any atom is -0.497 e. The Morgan fingerprint density at radius 3 is 2.57 bits per heavy atom. The van der Waals surface area contributed by atoms with Crippen molar-refractivity contribution in [3.8, 4) is 5.75 Å². The van der Waals surface area contributed by atoms with Gasteiger partial charge in [-0.1, -0.05) is 19.9 Å². The van der Waals surface area contributed by atoms with E-state index in [9.17, 15) is 0 Å². The fourth-order valence-electron chi connectivity index (χ4n) is 4.32. The standard InChI is InChI=1S/C18H28N2O/c1-12-8-13(2)11-20(10-12)17-7-5-14-4-6-15(21-3)9-16(14)18(17)19/h4,6,9,12-13,17-18H,5,7-8,10-11,19H2,1-3H3. The molecular formula is C18H28N2O. The van der Waals surface area contributed by atoms with E-state index in [1.165, 1.54) is 37.1 Å². The Balaban J connectivity index is 1.82. The maximum absolute atomic E-state index is 6.64. The summed E-state index contributed by atoms with van der Waals surface area (Å²) in [5, 5.41) is 0. The molecule has 0 saturated carbocycles. The van der Waals surface area contributed by atoms with Gasteiger partial charge in [0.2, 0.25) is 0 Å². The van der Waals surface area contributed by atoms with E-state index in [0.29, 0.717) is 6.04 Å². The second-order valence-corrected chi connectivity index (χ2v) is 7.10. The monoisotopic (exact) mass is 288 g/mol. The minimum atomic E-state index is 0.112. The van der Waals surface area contributed by atoms with Crippen molar-refractivity contribution in [1.29, 1.82) is 0 Å². The van der Waals surface area contributed by atoms with Gasteiger partial charge in [-0.3, -0.25) is 4.90 Å². The van der Waals surface area contributed by atoms with E-state index in [4.69, 9.17) is 10.5 Å². The Hall–Kier alpha value is -1.06. The fourth-order valence-corrected chi connectivity index (χ4v) is 4.32. The summed E-state index contributed by atoms with van der Waals surface area (Å²) in [5.41, 5.74) is 9.33. The fraction of sp³-hybridized carbons (Fsp3) is 0.667. The predicted octanol–water partition coefficient (Wildman–Crippen LogP) is 2.99. The molecule has 0 radical (unpaired) electrons. The van der Waals surface area contributed by atoms with Crippen LogP contribution in [0.4, 0.5) is 0 Å². The summed E-state index contributed by atoms with van der Waals surface area (Å²) < 4.78 is 5.37. The molecule has 1 aromatic carbocycles. The Labute approximate surface area is 128 Å². The third-order valence-electron chi connectivity index (χ3n) is 5.20. The first-order chi connectivity index (χ1) is 10.1. The summed E-state index contributed by atoms with van der Waals surface area (Å²) in [6.07, 6.45) is 3.67. The average molecular weight is 288 g/mol. The number of aryl methyl sites for hydroxylation is 1. The zero-order chi connectivity index (χ0) is 15.0. The van der Waals surface area contributed by atoms with Gasteiger partial charge in [0, 0.05) is 25.2 Å². The lowest BCUT2D eigenvalue weighted by molar-refractivity contribution is 0.0740. The highest BCUT2D eigenvalue weighted by Gasteiger charge is 2.34. The first-order valence-electron chi connectivity index (χ1n) is 8.25. The van der Waals surface area contributed by atoms with Crippen LogP contribution >= 0.6 is 0 Å². The molecule has 2 N–H and O–H groups in total. The van der Waals surface area contributed by atoms with Crippen molar-refractivity contribution in [3.05, 3.63) is 29.3 Å². The van der Waals surface area contributed by atoms with Gasteiger partial charge < -0.3 is 10.5 Å². The predicted molar refractivity (Wildman–Crippen MR) is 86.5 cm³/mol. The van der Waals surface area contributed by atoms with E-state index >= 15 is 0 Å². The highest BCUT2D eigenvalue weighted by molar-refractivity contribution is 5.40. The summed E-state index contributed by atoms with van der Waals surface area (Å²) in [6, 6.07) is 6.97. The molecule has 0 amide bonds. The average Bonchev–Trinajstić information content (AvgIpc) is 2.46. The number of piperidine rings is 1. The smallest absolute Gasteiger partial charge is 0.119 e. The molecule has 116 valence electrons. The molecule has 4 atom stereocenters. The second kappa shape index (κ2) is 5.98. The van der Waals surface area contributed by atoms with Crippen molar-refractivity contribution in [2.45, 2.75) is 45.2 Å². The molecule has 0 aromatic heterocycles. The van der Waals surface area contributed by atoms with Crippen LogP contribution in [0.2, 0.25) is 0 Å². The largest absolute Gasteiger partial charge is 0.497 e. The van der Waals surface area contributed by atoms with Crippen molar-refractivity contribution in [3.63, 3.8) is 0 Å². The van der Waals surface area contributed by atoms with E-state index in [0.717, 1.165) is 24.0 Å². The zero-order valence-corrected chi connectivity index (χ0v) is 13.5. The number of fused-ring (bicyclic) bond motifs is 1. The first-order valence-corrected chi connectivity index (χ1v) is 8.25. The topological polar surface area (TPSA) is 38.5 Å². The molecule has 1 aliphatic heterocycles. The van der Waals surface area contributed by atoms with Crippen LogP contribution in [-0.4, -0.2) is 31.1 Å². The van der Waals surface area contributed by atoms with E-state index in [-0.39, 0.29) is 6.04 Å². The first kappa shape index (κ1) is 14.9. The number of nitrogens with zero attached hydrogens (tertiary/aromatic N) is 1. The number of hydrogen-bond acceptors (Lipinski definition) is 3. The Kier molecular flexibility index (Phi) is 4.23. The Bertz CT molecular complexity index is 492. The maximum Gasteiger partial charge on any atom is 0.119 e. The molecule has 1 fully saturated rings. The van der Waals surface area contributed by atoms with Gasteiger partial charge in [0.1, 0.15) is 5.75 Å². The van der Waals surface area contributed by atoms with Gasteiger partial charge in [0.05, 0.1) is 7.11 Å². The number of methoxy groups -OCH3 is 1. The van der Waals surface area contributed by atoms with Crippen molar-refractivity contribution in [2.24, 2.45) is 17.6 Å². The Morgan fingerprint density at radius 1 is 1.19 bits per heavy atom. The second-order valence-electron chi connectivity index (χ2n) is 7.10. The van der Waals surface area contributed by atoms with Gasteiger partial charge in [-0.2, -0.15) is 0 Å². The summed E-state index contributed by atoms with van der Waals surface area (Å²) >= 11 is 0. The SMILES string of the molecule is COc1ccc2c(c1)C(N)C(N1CC(C)CC(C)C1)CC2. The number of hydrogen-bond donors (Lipinski definition) is 1. The van der Waals surface area contributed by atoms with Gasteiger partial charge in [-0.05, 0) is 54.4 Å². The molecule has 1 aromatic rings. The van der Waals surface area contributed by atoms with Crippen molar-refractivity contribution in [2.75, 3.05) is 20.2 Å². The summed E-state index contributed by atoms with van der Waals surface area (Å²) in [4.78, 5) is 2.64. The van der Waals surface area contributed by atoms with Gasteiger partial charge in [-0.25, -0.2) is 0 Å². The van der Waals surface area contributed by atoms with Crippen LogP contribution in [-0.2, 0) is 6.42 Å². The summed E-state index contributed by atoms with van der Waals surface area (Å²) in [6.45, 7) is 7.13. The molecular weight excluding hydrogens is 260 g/mol. The van der Waals surface area contributed by atoms with E-state index in [1.807, 2.05) is 0 Å². The molecule has 0 bridgehead atoms. The van der Waals surface area contributed by atoms with Crippen LogP contribution in [0.5, 0.6) is 5.75 Å². The lowest BCUT2D eigenvalue weighted by atomic mass is 9.81. The molecule has 1 heterocycles. The lowest BCUT2D eigenvalue weighted by Gasteiger charge is -2.44. The number of rotatable bonds is 2. The molecule has 21 heavy (non-hydrogen) atoms. The van der Waals surface area contributed by atoms with Crippen LogP contribution in [0.15, 0.2) is 18.2 Å². The summed E-state index contributed by atoms with van der Waals surface area (Å²) in [5.74, 6) is 2.49. The van der Waals surface area contributed by atoms with E-state index in [1.54, 1.807) is 7.11 Å². The molecule has 3 rings (SSSR count). The normalized spacial score (nSPS) is 33.5. The van der Waals surface area contributed by atoms with Gasteiger partial charge in [0.25, 0.3) is 0 Å². The molecule has 1 aliphatic carbocycles. The molecule has 3 nitrogen and oxygen atoms in total.